The number of nitro benzene ring substituents is 1. The van der Waals surface area contributed by atoms with Crippen LogP contribution in [0.2, 0.25) is 0 Å². The smallest absolute Gasteiger partial charge is 0.410 e. The number of nitro groups is 1. The van der Waals surface area contributed by atoms with Crippen molar-refractivity contribution in [3.8, 4) is 5.75 Å². The van der Waals surface area contributed by atoms with Crippen molar-refractivity contribution in [1.82, 2.24) is 9.80 Å². The minimum Gasteiger partial charge on any atom is -0.410 e. The summed E-state index contributed by atoms with van der Waals surface area (Å²) in [6.45, 7) is 10.7. The maximum Gasteiger partial charge on any atom is 0.415 e. The molecule has 1 heterocycles. The number of ether oxygens (including phenoxy) is 1. The average molecular weight is 622 g/mol. The van der Waals surface area contributed by atoms with Gasteiger partial charge in [0.1, 0.15) is 5.75 Å². The molecule has 9 atom stereocenters. The summed E-state index contributed by atoms with van der Waals surface area (Å²) in [5.41, 5.74) is 2.07. The lowest BCUT2D eigenvalue weighted by Crippen LogP contribution is -2.56. The number of amides is 2. The molecule has 1 saturated heterocycles. The van der Waals surface area contributed by atoms with Gasteiger partial charge in [-0.3, -0.25) is 14.9 Å². The van der Waals surface area contributed by atoms with E-state index in [-0.39, 0.29) is 34.9 Å². The molecule has 4 aliphatic carbocycles. The van der Waals surface area contributed by atoms with Crippen molar-refractivity contribution >= 4 is 17.7 Å². The number of fused-ring (bicyclic) bond motifs is 5. The molecule has 0 bridgehead atoms. The second-order valence-corrected chi connectivity index (χ2v) is 15.4. The van der Waals surface area contributed by atoms with Crippen LogP contribution >= 0.6 is 0 Å². The van der Waals surface area contributed by atoms with Crippen LogP contribution in [0.3, 0.4) is 0 Å². The number of non-ortho nitro benzene ring substituents is 1. The predicted octanol–water partition coefficient (Wildman–Crippen LogP) is 6.98. The zero-order chi connectivity index (χ0) is 32.1. The lowest BCUT2D eigenvalue weighted by atomic mass is 9.47. The van der Waals surface area contributed by atoms with E-state index in [1.165, 1.54) is 61.9 Å². The van der Waals surface area contributed by atoms with Gasteiger partial charge in [0.15, 0.2) is 0 Å². The first kappa shape index (κ1) is 32.0. The number of carbonyl (C=O) groups is 2. The van der Waals surface area contributed by atoms with Crippen LogP contribution in [0.5, 0.6) is 5.75 Å². The number of carbonyl (C=O) groups excluding carboxylic acids is 2. The standard InChI is InChI=1S/C36H51N3O6/c1-23(30-12-13-31-29-11-6-25-21-27(40)15-17-35(25,3)32(29)16-18-36(30,31)4)5-14-33(41)38-20-19-37(22-24(38)2)34(42)45-28-9-7-26(8-10-28)39(43)44/h6-10,23-24,27,29-32,40H,5,11-22H2,1-4H3/t23-,24+,27+,29+,30-,31+,32+,35+,36-/m1/s1. The van der Waals surface area contributed by atoms with Crippen molar-refractivity contribution in [1.29, 1.82) is 0 Å². The van der Waals surface area contributed by atoms with E-state index in [4.69, 9.17) is 4.74 Å². The maximum atomic E-state index is 13.4. The Kier molecular flexibility index (Phi) is 8.78. The normalized spacial score (nSPS) is 36.7. The Balaban J connectivity index is 1.00. The number of hydrogen-bond donors (Lipinski definition) is 1. The van der Waals surface area contributed by atoms with E-state index < -0.39 is 11.0 Å². The summed E-state index contributed by atoms with van der Waals surface area (Å²) in [5.74, 6) is 3.80. The van der Waals surface area contributed by atoms with Gasteiger partial charge in [-0.1, -0.05) is 32.4 Å². The van der Waals surface area contributed by atoms with E-state index in [0.29, 0.717) is 43.3 Å². The molecule has 45 heavy (non-hydrogen) atoms. The molecule has 1 N–H and O–H groups in total. The fourth-order valence-corrected chi connectivity index (χ4v) is 10.6. The summed E-state index contributed by atoms with van der Waals surface area (Å²) in [5, 5.41) is 21.2. The van der Waals surface area contributed by atoms with Crippen LogP contribution in [0, 0.1) is 50.5 Å². The van der Waals surface area contributed by atoms with Crippen molar-refractivity contribution in [2.45, 2.75) is 104 Å². The van der Waals surface area contributed by atoms with E-state index >= 15 is 0 Å². The van der Waals surface area contributed by atoms with E-state index in [2.05, 4.69) is 26.8 Å². The van der Waals surface area contributed by atoms with E-state index in [1.54, 1.807) is 4.90 Å². The molecule has 5 aliphatic rings. The van der Waals surface area contributed by atoms with Gasteiger partial charge in [-0.25, -0.2) is 4.79 Å². The largest absolute Gasteiger partial charge is 0.415 e. The van der Waals surface area contributed by atoms with Crippen molar-refractivity contribution in [3.05, 3.63) is 46.0 Å². The Bertz CT molecular complexity index is 1330. The zero-order valence-electron chi connectivity index (χ0n) is 27.5. The topological polar surface area (TPSA) is 113 Å². The molecule has 3 saturated carbocycles. The first-order chi connectivity index (χ1) is 21.4. The number of nitrogens with zero attached hydrogens (tertiary/aromatic N) is 3. The van der Waals surface area contributed by atoms with E-state index in [9.17, 15) is 24.8 Å². The van der Waals surface area contributed by atoms with Gasteiger partial charge in [-0.2, -0.15) is 0 Å². The van der Waals surface area contributed by atoms with Crippen LogP contribution in [0.15, 0.2) is 35.9 Å². The highest BCUT2D eigenvalue weighted by atomic mass is 16.6. The Morgan fingerprint density at radius 1 is 1.09 bits per heavy atom. The van der Waals surface area contributed by atoms with Crippen LogP contribution < -0.4 is 4.74 Å². The number of rotatable bonds is 6. The predicted molar refractivity (Wildman–Crippen MR) is 171 cm³/mol. The van der Waals surface area contributed by atoms with Crippen LogP contribution in [-0.4, -0.2) is 63.6 Å². The van der Waals surface area contributed by atoms with E-state index in [0.717, 1.165) is 43.4 Å². The van der Waals surface area contributed by atoms with Gasteiger partial charge in [-0.05, 0) is 117 Å². The monoisotopic (exact) mass is 621 g/mol. The van der Waals surface area contributed by atoms with Gasteiger partial charge >= 0.3 is 6.09 Å². The molecule has 1 aliphatic heterocycles. The Morgan fingerprint density at radius 2 is 1.84 bits per heavy atom. The van der Waals surface area contributed by atoms with Crippen LogP contribution in [0.4, 0.5) is 10.5 Å². The quantitative estimate of drug-likeness (QED) is 0.208. The first-order valence-electron chi connectivity index (χ1n) is 17.3. The molecule has 0 unspecified atom stereocenters. The fourth-order valence-electron chi connectivity index (χ4n) is 10.6. The van der Waals surface area contributed by atoms with Crippen LogP contribution in [-0.2, 0) is 4.79 Å². The summed E-state index contributed by atoms with van der Waals surface area (Å²) in [6, 6.07) is 5.35. The molecular weight excluding hydrogens is 570 g/mol. The molecule has 9 nitrogen and oxygen atoms in total. The molecular formula is C36H51N3O6. The lowest BCUT2D eigenvalue weighted by molar-refractivity contribution is -0.384. The first-order valence-corrected chi connectivity index (χ1v) is 17.3. The minimum atomic E-state index is -0.505. The molecule has 246 valence electrons. The van der Waals surface area contributed by atoms with Gasteiger partial charge in [0, 0.05) is 44.2 Å². The number of aliphatic hydroxyl groups is 1. The molecule has 0 aromatic heterocycles. The van der Waals surface area contributed by atoms with Gasteiger partial charge in [0.25, 0.3) is 5.69 Å². The Hall–Kier alpha value is -2.94. The molecule has 6 rings (SSSR count). The lowest BCUT2D eigenvalue weighted by Gasteiger charge is -2.58. The molecule has 0 radical (unpaired) electrons. The summed E-state index contributed by atoms with van der Waals surface area (Å²) in [7, 11) is 0. The average Bonchev–Trinajstić information content (AvgIpc) is 3.37. The van der Waals surface area contributed by atoms with Crippen LogP contribution in [0.1, 0.15) is 91.9 Å². The Labute approximate surface area is 267 Å². The molecule has 9 heteroatoms. The third-order valence-electron chi connectivity index (χ3n) is 13.1. The third-order valence-corrected chi connectivity index (χ3v) is 13.1. The maximum absolute atomic E-state index is 13.4. The van der Waals surface area contributed by atoms with Gasteiger partial charge in [-0.15, -0.1) is 0 Å². The molecule has 4 fully saturated rings. The Morgan fingerprint density at radius 3 is 2.56 bits per heavy atom. The summed E-state index contributed by atoms with van der Waals surface area (Å²) in [4.78, 5) is 40.1. The van der Waals surface area contributed by atoms with Crippen molar-refractivity contribution in [2.24, 2.45) is 40.4 Å². The van der Waals surface area contributed by atoms with Gasteiger partial charge in [0.05, 0.1) is 11.0 Å². The molecule has 2 amide bonds. The second-order valence-electron chi connectivity index (χ2n) is 15.4. The minimum absolute atomic E-state index is 0.0601. The van der Waals surface area contributed by atoms with Crippen molar-refractivity contribution in [2.75, 3.05) is 19.6 Å². The van der Waals surface area contributed by atoms with Gasteiger partial charge in [0.2, 0.25) is 5.91 Å². The summed E-state index contributed by atoms with van der Waals surface area (Å²) >= 11 is 0. The second kappa shape index (κ2) is 12.3. The highest BCUT2D eigenvalue weighted by molar-refractivity contribution is 5.77. The van der Waals surface area contributed by atoms with E-state index in [1.807, 2.05) is 11.8 Å². The fraction of sp³-hybridized carbons (Fsp3) is 0.722. The number of piperazine rings is 1. The molecule has 1 aromatic carbocycles. The third kappa shape index (κ3) is 5.90. The number of aliphatic hydroxyl groups excluding tert-OH is 1. The van der Waals surface area contributed by atoms with Crippen LogP contribution in [0.25, 0.3) is 0 Å². The van der Waals surface area contributed by atoms with Crippen molar-refractivity contribution < 1.29 is 24.4 Å². The summed E-state index contributed by atoms with van der Waals surface area (Å²) < 4.78 is 5.44. The number of allylic oxidation sites excluding steroid dienone is 1. The SMILES string of the molecule is C[C@H](CCC(=O)N1CCN(C(=O)Oc2ccc([N+](=O)[O-])cc2)C[C@@H]1C)[C@H]1CC[C@H]2[C@@H]3CC=C4C[C@@H](O)CC[C@]4(C)[C@H]3CC[C@]12C. The highest BCUT2D eigenvalue weighted by Crippen LogP contribution is 2.67. The summed E-state index contributed by atoms with van der Waals surface area (Å²) in [6.07, 6.45) is 12.5. The van der Waals surface area contributed by atoms with Crippen molar-refractivity contribution in [3.63, 3.8) is 0 Å². The van der Waals surface area contributed by atoms with Gasteiger partial charge < -0.3 is 19.6 Å². The highest BCUT2D eigenvalue weighted by Gasteiger charge is 2.59. The number of benzene rings is 1. The molecule has 1 aromatic rings. The number of hydrogen-bond acceptors (Lipinski definition) is 6. The zero-order valence-corrected chi connectivity index (χ0v) is 27.5. The molecule has 0 spiro atoms.